The van der Waals surface area contributed by atoms with Crippen molar-refractivity contribution in [1.82, 2.24) is 0 Å². The van der Waals surface area contributed by atoms with E-state index in [1.54, 1.807) is 0 Å². The van der Waals surface area contributed by atoms with Gasteiger partial charge in [-0.25, -0.2) is 0 Å². The summed E-state index contributed by atoms with van der Waals surface area (Å²) in [7, 11) is 0. The zero-order valence-electron chi connectivity index (χ0n) is 10.0. The summed E-state index contributed by atoms with van der Waals surface area (Å²) >= 11 is 5.47. The number of anilines is 1. The number of thioether (sulfide) groups is 1. The molecule has 0 saturated carbocycles. The molecule has 2 rings (SSSR count). The van der Waals surface area contributed by atoms with Gasteiger partial charge in [0, 0.05) is 39.3 Å². The van der Waals surface area contributed by atoms with Gasteiger partial charge in [-0.15, -0.1) is 0 Å². The molecular weight excluding hydrogens is 298 g/mol. The first kappa shape index (κ1) is 13.0. The van der Waals surface area contributed by atoms with Gasteiger partial charge in [-0.1, -0.05) is 6.92 Å². The smallest absolute Gasteiger partial charge is 0.151 e. The normalized spacial score (nSPS) is 24.8. The minimum absolute atomic E-state index is 0.530. The second-order valence-electron chi connectivity index (χ2n) is 4.33. The van der Waals surface area contributed by atoms with Gasteiger partial charge in [-0.05, 0) is 41.1 Å². The number of aldehydes is 1. The Morgan fingerprint density at radius 3 is 2.88 bits per heavy atom. The Kier molecular flexibility index (Phi) is 4.15. The van der Waals surface area contributed by atoms with Gasteiger partial charge in [0.2, 0.25) is 0 Å². The number of carbonyl (C=O) groups is 1. The number of hydrogen-bond donors (Lipinski definition) is 0. The molecule has 0 bridgehead atoms. The van der Waals surface area contributed by atoms with Crippen molar-refractivity contribution >= 4 is 39.7 Å². The third kappa shape index (κ3) is 2.68. The van der Waals surface area contributed by atoms with E-state index in [2.05, 4.69) is 34.7 Å². The number of hydrogen-bond acceptors (Lipinski definition) is 3. The van der Waals surface area contributed by atoms with Crippen LogP contribution in [0.25, 0.3) is 0 Å². The van der Waals surface area contributed by atoms with E-state index in [4.69, 9.17) is 0 Å². The number of carbonyl (C=O) groups excluding carboxylic acids is 1. The molecule has 2 atom stereocenters. The predicted octanol–water partition coefficient (Wildman–Crippen LogP) is 3.59. The van der Waals surface area contributed by atoms with E-state index in [9.17, 15) is 4.79 Å². The fourth-order valence-corrected chi connectivity index (χ4v) is 3.65. The van der Waals surface area contributed by atoms with Crippen LogP contribution in [0.5, 0.6) is 0 Å². The zero-order valence-corrected chi connectivity index (χ0v) is 12.4. The van der Waals surface area contributed by atoms with Gasteiger partial charge in [0.1, 0.15) is 0 Å². The first-order valence-corrected chi connectivity index (χ1v) is 7.60. The monoisotopic (exact) mass is 313 g/mol. The second kappa shape index (κ2) is 5.44. The fourth-order valence-electron chi connectivity index (χ4n) is 2.09. The summed E-state index contributed by atoms with van der Waals surface area (Å²) in [6.45, 7) is 5.61. The molecule has 1 heterocycles. The van der Waals surface area contributed by atoms with Crippen LogP contribution < -0.4 is 4.90 Å². The molecule has 0 amide bonds. The van der Waals surface area contributed by atoms with Crippen molar-refractivity contribution in [3.8, 4) is 0 Å². The van der Waals surface area contributed by atoms with Crippen LogP contribution in [0, 0.1) is 0 Å². The zero-order chi connectivity index (χ0) is 12.4. The third-order valence-corrected chi connectivity index (χ3v) is 5.35. The molecule has 1 aliphatic rings. The molecule has 17 heavy (non-hydrogen) atoms. The summed E-state index contributed by atoms with van der Waals surface area (Å²) in [5, 5.41) is 0.647. The van der Waals surface area contributed by atoms with Crippen molar-refractivity contribution in [2.75, 3.05) is 17.2 Å². The molecule has 0 spiro atoms. The quantitative estimate of drug-likeness (QED) is 0.778. The van der Waals surface area contributed by atoms with Gasteiger partial charge < -0.3 is 4.90 Å². The maximum Gasteiger partial charge on any atom is 0.151 e. The number of halogens is 1. The van der Waals surface area contributed by atoms with Gasteiger partial charge in [-0.2, -0.15) is 11.8 Å². The molecule has 0 aliphatic carbocycles. The molecule has 1 saturated heterocycles. The molecule has 1 fully saturated rings. The molecule has 1 aromatic rings. The summed E-state index contributed by atoms with van der Waals surface area (Å²) < 4.78 is 0.878. The van der Waals surface area contributed by atoms with E-state index in [0.29, 0.717) is 16.9 Å². The standard InChI is InChI=1S/C13H16BrNOS/c1-9-10(2)17-6-5-15(9)12-4-3-11(8-16)13(14)7-12/h3-4,7-10H,5-6H2,1-2H3. The van der Waals surface area contributed by atoms with E-state index in [1.807, 2.05) is 30.0 Å². The lowest BCUT2D eigenvalue weighted by Gasteiger charge is -2.39. The van der Waals surface area contributed by atoms with Gasteiger partial charge in [0.05, 0.1) is 0 Å². The van der Waals surface area contributed by atoms with Crippen molar-refractivity contribution in [3.63, 3.8) is 0 Å². The molecule has 1 aliphatic heterocycles. The van der Waals surface area contributed by atoms with Crippen LogP contribution in [0.15, 0.2) is 22.7 Å². The van der Waals surface area contributed by atoms with Crippen molar-refractivity contribution in [3.05, 3.63) is 28.2 Å². The van der Waals surface area contributed by atoms with Crippen LogP contribution in [0.4, 0.5) is 5.69 Å². The van der Waals surface area contributed by atoms with Crippen LogP contribution in [0.2, 0.25) is 0 Å². The molecule has 0 aromatic heterocycles. The molecule has 4 heteroatoms. The Labute approximate surface area is 115 Å². The molecule has 2 unspecified atom stereocenters. The number of benzene rings is 1. The fraction of sp³-hybridized carbons (Fsp3) is 0.462. The minimum Gasteiger partial charge on any atom is -0.367 e. The lowest BCUT2D eigenvalue weighted by molar-refractivity contribution is 0.112. The summed E-state index contributed by atoms with van der Waals surface area (Å²) in [6, 6.07) is 6.49. The van der Waals surface area contributed by atoms with E-state index >= 15 is 0 Å². The van der Waals surface area contributed by atoms with E-state index in [1.165, 1.54) is 11.4 Å². The molecule has 2 nitrogen and oxygen atoms in total. The SMILES string of the molecule is CC1SCCN(c2ccc(C=O)c(Br)c2)C1C. The second-order valence-corrected chi connectivity index (χ2v) is 6.67. The lowest BCUT2D eigenvalue weighted by atomic mass is 10.1. The minimum atomic E-state index is 0.530. The lowest BCUT2D eigenvalue weighted by Crippen LogP contribution is -2.44. The highest BCUT2D eigenvalue weighted by molar-refractivity contribution is 9.10. The van der Waals surface area contributed by atoms with Crippen LogP contribution in [0.3, 0.4) is 0 Å². The van der Waals surface area contributed by atoms with Crippen LogP contribution in [-0.4, -0.2) is 29.9 Å². The largest absolute Gasteiger partial charge is 0.367 e. The average Bonchev–Trinajstić information content (AvgIpc) is 2.32. The first-order chi connectivity index (χ1) is 8.13. The molecule has 92 valence electrons. The van der Waals surface area contributed by atoms with Crippen LogP contribution >= 0.6 is 27.7 Å². The van der Waals surface area contributed by atoms with Crippen molar-refractivity contribution in [1.29, 1.82) is 0 Å². The van der Waals surface area contributed by atoms with E-state index < -0.39 is 0 Å². The first-order valence-electron chi connectivity index (χ1n) is 5.76. The third-order valence-electron chi connectivity index (χ3n) is 3.33. The van der Waals surface area contributed by atoms with Gasteiger partial charge in [0.15, 0.2) is 6.29 Å². The van der Waals surface area contributed by atoms with Crippen LogP contribution in [-0.2, 0) is 0 Å². The predicted molar refractivity (Wildman–Crippen MR) is 78.3 cm³/mol. The van der Waals surface area contributed by atoms with Crippen molar-refractivity contribution in [2.45, 2.75) is 25.1 Å². The molecule has 0 radical (unpaired) electrons. The molecular formula is C13H16BrNOS. The Balaban J connectivity index is 2.27. The Morgan fingerprint density at radius 2 is 2.24 bits per heavy atom. The van der Waals surface area contributed by atoms with E-state index in [-0.39, 0.29) is 0 Å². The Bertz CT molecular complexity index is 424. The molecule has 0 N–H and O–H groups in total. The summed E-state index contributed by atoms with van der Waals surface area (Å²) in [6.07, 6.45) is 0.881. The molecule has 1 aromatic carbocycles. The van der Waals surface area contributed by atoms with Crippen LogP contribution in [0.1, 0.15) is 24.2 Å². The van der Waals surface area contributed by atoms with Crippen molar-refractivity contribution < 1.29 is 4.79 Å². The van der Waals surface area contributed by atoms with Gasteiger partial charge >= 0.3 is 0 Å². The summed E-state index contributed by atoms with van der Waals surface area (Å²) in [5.74, 6) is 1.17. The Morgan fingerprint density at radius 1 is 1.47 bits per heavy atom. The highest BCUT2D eigenvalue weighted by atomic mass is 79.9. The summed E-state index contributed by atoms with van der Waals surface area (Å²) in [5.41, 5.74) is 1.91. The highest BCUT2D eigenvalue weighted by Crippen LogP contribution is 2.31. The highest BCUT2D eigenvalue weighted by Gasteiger charge is 2.25. The average molecular weight is 314 g/mol. The topological polar surface area (TPSA) is 20.3 Å². The van der Waals surface area contributed by atoms with Gasteiger partial charge in [-0.3, -0.25) is 4.79 Å². The summed E-state index contributed by atoms with van der Waals surface area (Å²) in [4.78, 5) is 13.2. The van der Waals surface area contributed by atoms with Gasteiger partial charge in [0.25, 0.3) is 0 Å². The maximum absolute atomic E-state index is 10.8. The van der Waals surface area contributed by atoms with Crippen molar-refractivity contribution in [2.24, 2.45) is 0 Å². The Hall–Kier alpha value is -0.480. The van der Waals surface area contributed by atoms with E-state index in [0.717, 1.165) is 17.3 Å². The number of rotatable bonds is 2. The number of nitrogens with zero attached hydrogens (tertiary/aromatic N) is 1. The maximum atomic E-state index is 10.8.